The zero-order valence-corrected chi connectivity index (χ0v) is 18.8. The second-order valence-corrected chi connectivity index (χ2v) is 9.75. The molecular weight excluding hydrogens is 418 g/mol. The van der Waals surface area contributed by atoms with Crippen molar-refractivity contribution in [3.8, 4) is 5.75 Å². The molecular formula is C22H25N3O5S. The van der Waals surface area contributed by atoms with Gasteiger partial charge in [-0.2, -0.15) is 0 Å². The largest absolute Gasteiger partial charge is 0.497 e. The highest BCUT2D eigenvalue weighted by atomic mass is 32.2. The minimum absolute atomic E-state index is 0.00602. The zero-order chi connectivity index (χ0) is 22.8. The van der Waals surface area contributed by atoms with E-state index in [1.165, 1.54) is 13.2 Å². The average molecular weight is 444 g/mol. The summed E-state index contributed by atoms with van der Waals surface area (Å²) in [6.07, 6.45) is 0. The summed E-state index contributed by atoms with van der Waals surface area (Å²) in [5.41, 5.74) is 0.816. The van der Waals surface area contributed by atoms with Crippen LogP contribution in [0.4, 0.5) is 11.5 Å². The van der Waals surface area contributed by atoms with Gasteiger partial charge >= 0.3 is 0 Å². The lowest BCUT2D eigenvalue weighted by Crippen LogP contribution is -2.17. The number of rotatable bonds is 6. The van der Waals surface area contributed by atoms with Gasteiger partial charge in [0.2, 0.25) is 0 Å². The van der Waals surface area contributed by atoms with Crippen molar-refractivity contribution >= 4 is 27.4 Å². The summed E-state index contributed by atoms with van der Waals surface area (Å²) in [6, 6.07) is 12.6. The van der Waals surface area contributed by atoms with Gasteiger partial charge in [-0.3, -0.25) is 9.52 Å². The summed E-state index contributed by atoms with van der Waals surface area (Å²) in [5.74, 6) is 1.00. The van der Waals surface area contributed by atoms with Crippen LogP contribution in [0, 0.1) is 6.92 Å². The van der Waals surface area contributed by atoms with Gasteiger partial charge in [-0.15, -0.1) is 0 Å². The van der Waals surface area contributed by atoms with E-state index in [1.54, 1.807) is 49.4 Å². The van der Waals surface area contributed by atoms with E-state index >= 15 is 0 Å². The van der Waals surface area contributed by atoms with Crippen LogP contribution in [0.1, 0.15) is 42.5 Å². The van der Waals surface area contributed by atoms with E-state index in [1.807, 2.05) is 20.8 Å². The first-order chi connectivity index (χ1) is 14.5. The van der Waals surface area contributed by atoms with Gasteiger partial charge in [-0.25, -0.2) is 8.42 Å². The third-order valence-electron chi connectivity index (χ3n) is 4.57. The van der Waals surface area contributed by atoms with Crippen molar-refractivity contribution in [2.45, 2.75) is 38.0 Å². The van der Waals surface area contributed by atoms with Crippen LogP contribution in [-0.2, 0) is 15.4 Å². The predicted octanol–water partition coefficient (Wildman–Crippen LogP) is 4.34. The van der Waals surface area contributed by atoms with Crippen LogP contribution >= 0.6 is 0 Å². The highest BCUT2D eigenvalue weighted by molar-refractivity contribution is 7.92. The maximum Gasteiger partial charge on any atom is 0.262 e. The van der Waals surface area contributed by atoms with Gasteiger partial charge in [0.05, 0.1) is 12.0 Å². The Hall–Kier alpha value is -3.33. The molecule has 2 N–H and O–H groups in total. The van der Waals surface area contributed by atoms with Gasteiger partial charge in [-0.1, -0.05) is 32.0 Å². The average Bonchev–Trinajstić information content (AvgIpc) is 3.17. The van der Waals surface area contributed by atoms with E-state index in [4.69, 9.17) is 9.26 Å². The molecule has 0 aliphatic carbocycles. The fourth-order valence-corrected chi connectivity index (χ4v) is 4.11. The molecule has 0 atom stereocenters. The van der Waals surface area contributed by atoms with Crippen LogP contribution in [0.15, 0.2) is 57.9 Å². The maximum atomic E-state index is 12.9. The monoisotopic (exact) mass is 443 g/mol. The molecule has 0 aliphatic heterocycles. The first-order valence-corrected chi connectivity index (χ1v) is 11.0. The number of nitrogens with zero attached hydrogens (tertiary/aromatic N) is 1. The Kier molecular flexibility index (Phi) is 6.08. The van der Waals surface area contributed by atoms with Gasteiger partial charge in [-0.05, 0) is 48.9 Å². The normalized spacial score (nSPS) is 11.8. The lowest BCUT2D eigenvalue weighted by atomic mass is 9.93. The fraction of sp³-hybridized carbons (Fsp3) is 0.273. The number of nitrogens with one attached hydrogen (secondary N) is 2. The molecule has 3 rings (SSSR count). The maximum absolute atomic E-state index is 12.9. The third-order valence-corrected chi connectivity index (χ3v) is 6.10. The molecule has 1 amide bonds. The fourth-order valence-electron chi connectivity index (χ4n) is 2.78. The number of ether oxygens (including phenoxy) is 1. The molecule has 31 heavy (non-hydrogen) atoms. The minimum Gasteiger partial charge on any atom is -0.497 e. The van der Waals surface area contributed by atoms with E-state index < -0.39 is 15.9 Å². The van der Waals surface area contributed by atoms with Crippen LogP contribution in [0.2, 0.25) is 0 Å². The third kappa shape index (κ3) is 5.24. The molecule has 0 saturated carbocycles. The Labute approximate surface area is 181 Å². The standard InChI is InChI=1S/C22H25N3O5S/c1-14-6-7-15(21(26)23-20-13-19(30-24-20)22(2,3)4)12-18(14)31(27,28)25-16-8-10-17(29-5)11-9-16/h6-13,25H,1-5H3,(H,23,24,26). The molecule has 9 heteroatoms. The molecule has 0 radical (unpaired) electrons. The van der Waals surface area contributed by atoms with Crippen LogP contribution in [0.25, 0.3) is 0 Å². The number of hydrogen-bond acceptors (Lipinski definition) is 6. The number of amides is 1. The lowest BCUT2D eigenvalue weighted by molar-refractivity contribution is 0.102. The van der Waals surface area contributed by atoms with Crippen molar-refractivity contribution in [3.63, 3.8) is 0 Å². The molecule has 1 heterocycles. The van der Waals surface area contributed by atoms with Crippen molar-refractivity contribution in [2.75, 3.05) is 17.1 Å². The number of aromatic nitrogens is 1. The number of aryl methyl sites for hydroxylation is 1. The molecule has 3 aromatic rings. The molecule has 8 nitrogen and oxygen atoms in total. The number of benzene rings is 2. The number of carbonyl (C=O) groups excluding carboxylic acids is 1. The molecule has 0 aliphatic rings. The van der Waals surface area contributed by atoms with Gasteiger partial charge in [0.25, 0.3) is 15.9 Å². The van der Waals surface area contributed by atoms with Crippen molar-refractivity contribution in [2.24, 2.45) is 0 Å². The topological polar surface area (TPSA) is 111 Å². The summed E-state index contributed by atoms with van der Waals surface area (Å²) in [7, 11) is -2.38. The SMILES string of the molecule is COc1ccc(NS(=O)(=O)c2cc(C(=O)Nc3cc(C(C)(C)C)on3)ccc2C)cc1. The number of anilines is 2. The molecule has 0 spiro atoms. The quantitative estimate of drug-likeness (QED) is 0.586. The predicted molar refractivity (Wildman–Crippen MR) is 118 cm³/mol. The van der Waals surface area contributed by atoms with Crippen LogP contribution in [0.5, 0.6) is 5.75 Å². The highest BCUT2D eigenvalue weighted by Gasteiger charge is 2.22. The van der Waals surface area contributed by atoms with Crippen molar-refractivity contribution in [1.82, 2.24) is 5.16 Å². The number of hydrogen-bond donors (Lipinski definition) is 2. The molecule has 164 valence electrons. The summed E-state index contributed by atoms with van der Waals surface area (Å²) in [4.78, 5) is 12.7. The second kappa shape index (κ2) is 8.43. The summed E-state index contributed by atoms with van der Waals surface area (Å²) in [5, 5.41) is 6.50. The smallest absolute Gasteiger partial charge is 0.262 e. The number of carbonyl (C=O) groups is 1. The van der Waals surface area contributed by atoms with E-state index in [-0.39, 0.29) is 21.7 Å². The summed E-state index contributed by atoms with van der Waals surface area (Å²) in [6.45, 7) is 7.56. The van der Waals surface area contributed by atoms with Gasteiger partial charge in [0.15, 0.2) is 5.82 Å². The Morgan fingerprint density at radius 1 is 1.06 bits per heavy atom. The van der Waals surface area contributed by atoms with Crippen LogP contribution in [0.3, 0.4) is 0 Å². The van der Waals surface area contributed by atoms with E-state index in [9.17, 15) is 13.2 Å². The Morgan fingerprint density at radius 2 is 1.74 bits per heavy atom. The van der Waals surface area contributed by atoms with Crippen molar-refractivity contribution in [1.29, 1.82) is 0 Å². The van der Waals surface area contributed by atoms with Crippen molar-refractivity contribution < 1.29 is 22.5 Å². The summed E-state index contributed by atoms with van der Waals surface area (Å²) >= 11 is 0. The first-order valence-electron chi connectivity index (χ1n) is 9.56. The molecule has 1 aromatic heterocycles. The number of sulfonamides is 1. The summed E-state index contributed by atoms with van der Waals surface area (Å²) < 4.78 is 38.7. The number of methoxy groups -OCH3 is 1. The first kappa shape index (κ1) is 22.4. The molecule has 2 aromatic carbocycles. The van der Waals surface area contributed by atoms with E-state index in [0.717, 1.165) is 0 Å². The molecule has 0 unspecified atom stereocenters. The molecule has 0 bridgehead atoms. The van der Waals surface area contributed by atoms with Crippen molar-refractivity contribution in [3.05, 3.63) is 65.4 Å². The van der Waals surface area contributed by atoms with E-state index in [2.05, 4.69) is 15.2 Å². The Balaban J connectivity index is 1.83. The Morgan fingerprint density at radius 3 is 2.32 bits per heavy atom. The lowest BCUT2D eigenvalue weighted by Gasteiger charge is -2.12. The van der Waals surface area contributed by atoms with Crippen LogP contribution < -0.4 is 14.8 Å². The highest BCUT2D eigenvalue weighted by Crippen LogP contribution is 2.26. The van der Waals surface area contributed by atoms with Gasteiger partial charge in [0, 0.05) is 22.7 Å². The van der Waals surface area contributed by atoms with Gasteiger partial charge in [0.1, 0.15) is 11.5 Å². The molecule has 0 fully saturated rings. The van der Waals surface area contributed by atoms with Crippen LogP contribution in [-0.4, -0.2) is 26.6 Å². The minimum atomic E-state index is -3.91. The molecule has 0 saturated heterocycles. The Bertz CT molecular complexity index is 1190. The second-order valence-electron chi connectivity index (χ2n) is 8.09. The zero-order valence-electron chi connectivity index (χ0n) is 18.0. The van der Waals surface area contributed by atoms with Gasteiger partial charge < -0.3 is 14.6 Å². The van der Waals surface area contributed by atoms with E-state index in [0.29, 0.717) is 22.8 Å².